The minimum atomic E-state index is -0.232. The van der Waals surface area contributed by atoms with Crippen LogP contribution in [-0.2, 0) is 11.3 Å². The van der Waals surface area contributed by atoms with Gasteiger partial charge in [0.25, 0.3) is 0 Å². The number of hydrogen-bond donors (Lipinski definition) is 2. The number of carbonyl (C=O) groups is 1. The molecular weight excluding hydrogens is 255 g/mol. The molecule has 0 spiro atoms. The van der Waals surface area contributed by atoms with E-state index in [4.69, 9.17) is 0 Å². The van der Waals surface area contributed by atoms with E-state index >= 15 is 0 Å². The van der Waals surface area contributed by atoms with Crippen LogP contribution >= 0.6 is 0 Å². The number of nitrogens with one attached hydrogen (secondary N) is 2. The summed E-state index contributed by atoms with van der Waals surface area (Å²) in [5, 5.41) is 6.03. The maximum Gasteiger partial charge on any atom is 0.224 e. The van der Waals surface area contributed by atoms with Gasteiger partial charge < -0.3 is 10.6 Å². The van der Waals surface area contributed by atoms with Crippen molar-refractivity contribution in [1.82, 2.24) is 0 Å². The fourth-order valence-corrected chi connectivity index (χ4v) is 1.73. The number of anilines is 2. The lowest BCUT2D eigenvalue weighted by Crippen LogP contribution is -2.09. The van der Waals surface area contributed by atoms with Crippen LogP contribution in [0.15, 0.2) is 48.5 Å². The molecule has 0 bridgehead atoms. The van der Waals surface area contributed by atoms with Crippen LogP contribution < -0.4 is 10.6 Å². The van der Waals surface area contributed by atoms with Gasteiger partial charge in [0.1, 0.15) is 5.82 Å². The molecule has 0 aliphatic heterocycles. The molecule has 2 aromatic carbocycles. The predicted molar refractivity (Wildman–Crippen MR) is 79.1 cm³/mol. The molecule has 0 atom stereocenters. The number of amides is 1. The highest BCUT2D eigenvalue weighted by Crippen LogP contribution is 2.15. The third-order valence-corrected chi connectivity index (χ3v) is 2.90. The SMILES string of the molecule is CCC(=O)Nc1ccc(NCc2ccc(F)cc2)cc1. The zero-order valence-electron chi connectivity index (χ0n) is 11.3. The van der Waals surface area contributed by atoms with E-state index in [0.29, 0.717) is 13.0 Å². The molecule has 3 nitrogen and oxygen atoms in total. The summed E-state index contributed by atoms with van der Waals surface area (Å²) in [4.78, 5) is 11.2. The van der Waals surface area contributed by atoms with Gasteiger partial charge in [-0.15, -0.1) is 0 Å². The molecule has 0 unspecified atom stereocenters. The summed E-state index contributed by atoms with van der Waals surface area (Å²) in [6.45, 7) is 2.44. The molecule has 0 radical (unpaired) electrons. The highest BCUT2D eigenvalue weighted by Gasteiger charge is 1.99. The van der Waals surface area contributed by atoms with Gasteiger partial charge in [0.15, 0.2) is 0 Å². The van der Waals surface area contributed by atoms with Gasteiger partial charge in [-0.3, -0.25) is 4.79 Å². The Kier molecular flexibility index (Phi) is 4.71. The van der Waals surface area contributed by atoms with E-state index in [1.165, 1.54) is 12.1 Å². The average molecular weight is 272 g/mol. The van der Waals surface area contributed by atoms with E-state index in [2.05, 4.69) is 10.6 Å². The average Bonchev–Trinajstić information content (AvgIpc) is 2.48. The summed E-state index contributed by atoms with van der Waals surface area (Å²) >= 11 is 0. The summed E-state index contributed by atoms with van der Waals surface area (Å²) < 4.78 is 12.8. The summed E-state index contributed by atoms with van der Waals surface area (Å²) in [7, 11) is 0. The summed E-state index contributed by atoms with van der Waals surface area (Å²) in [5.74, 6) is -0.234. The molecule has 0 aliphatic carbocycles. The summed E-state index contributed by atoms with van der Waals surface area (Å²) in [5.41, 5.74) is 2.74. The van der Waals surface area contributed by atoms with Crippen molar-refractivity contribution in [1.29, 1.82) is 0 Å². The van der Waals surface area contributed by atoms with E-state index < -0.39 is 0 Å². The number of benzene rings is 2. The molecular formula is C16H17FN2O. The van der Waals surface area contributed by atoms with Gasteiger partial charge in [0, 0.05) is 24.3 Å². The second-order valence-corrected chi connectivity index (χ2v) is 4.46. The first-order chi connectivity index (χ1) is 9.67. The van der Waals surface area contributed by atoms with Crippen molar-refractivity contribution < 1.29 is 9.18 Å². The van der Waals surface area contributed by atoms with Crippen molar-refractivity contribution in [2.45, 2.75) is 19.9 Å². The Morgan fingerprint density at radius 3 is 2.20 bits per heavy atom. The van der Waals surface area contributed by atoms with Crippen LogP contribution in [-0.4, -0.2) is 5.91 Å². The van der Waals surface area contributed by atoms with Gasteiger partial charge in [-0.25, -0.2) is 4.39 Å². The van der Waals surface area contributed by atoms with Crippen LogP contribution in [0.3, 0.4) is 0 Å². The lowest BCUT2D eigenvalue weighted by Gasteiger charge is -2.08. The Morgan fingerprint density at radius 2 is 1.60 bits per heavy atom. The minimum absolute atomic E-state index is 0.00276. The normalized spacial score (nSPS) is 10.1. The molecule has 4 heteroatoms. The first kappa shape index (κ1) is 14.1. The zero-order valence-corrected chi connectivity index (χ0v) is 11.3. The van der Waals surface area contributed by atoms with Gasteiger partial charge in [0.2, 0.25) is 5.91 Å². The maximum absolute atomic E-state index is 12.8. The summed E-state index contributed by atoms with van der Waals surface area (Å²) in [6.07, 6.45) is 0.463. The Morgan fingerprint density at radius 1 is 1.00 bits per heavy atom. The number of hydrogen-bond acceptors (Lipinski definition) is 2. The van der Waals surface area contributed by atoms with E-state index in [9.17, 15) is 9.18 Å². The second-order valence-electron chi connectivity index (χ2n) is 4.46. The number of carbonyl (C=O) groups excluding carboxylic acids is 1. The van der Waals surface area contributed by atoms with E-state index in [1.807, 2.05) is 31.2 Å². The second kappa shape index (κ2) is 6.70. The highest BCUT2D eigenvalue weighted by molar-refractivity contribution is 5.90. The largest absolute Gasteiger partial charge is 0.381 e. The maximum atomic E-state index is 12.8. The van der Waals surface area contributed by atoms with Gasteiger partial charge in [-0.1, -0.05) is 19.1 Å². The quantitative estimate of drug-likeness (QED) is 0.869. The van der Waals surface area contributed by atoms with Crippen molar-refractivity contribution in [3.63, 3.8) is 0 Å². The third-order valence-electron chi connectivity index (χ3n) is 2.90. The first-order valence-corrected chi connectivity index (χ1v) is 6.55. The zero-order chi connectivity index (χ0) is 14.4. The minimum Gasteiger partial charge on any atom is -0.381 e. The Hall–Kier alpha value is -2.36. The smallest absolute Gasteiger partial charge is 0.224 e. The van der Waals surface area contributed by atoms with Crippen LogP contribution in [0.4, 0.5) is 15.8 Å². The lowest BCUT2D eigenvalue weighted by atomic mass is 10.2. The third kappa shape index (κ3) is 4.09. The molecule has 2 aromatic rings. The molecule has 1 amide bonds. The standard InChI is InChI=1S/C16H17FN2O/c1-2-16(20)19-15-9-7-14(8-10-15)18-11-12-3-5-13(17)6-4-12/h3-10,18H,2,11H2,1H3,(H,19,20). The molecule has 2 N–H and O–H groups in total. The Labute approximate surface area is 117 Å². The molecule has 0 saturated carbocycles. The van der Waals surface area contributed by atoms with Crippen LogP contribution in [0.25, 0.3) is 0 Å². The topological polar surface area (TPSA) is 41.1 Å². The van der Waals surface area contributed by atoms with Crippen molar-refractivity contribution >= 4 is 17.3 Å². The van der Waals surface area contributed by atoms with E-state index in [-0.39, 0.29) is 11.7 Å². The van der Waals surface area contributed by atoms with Gasteiger partial charge >= 0.3 is 0 Å². The predicted octanol–water partition coefficient (Wildman–Crippen LogP) is 3.79. The lowest BCUT2D eigenvalue weighted by molar-refractivity contribution is -0.115. The molecule has 0 aromatic heterocycles. The molecule has 0 saturated heterocycles. The number of rotatable bonds is 5. The van der Waals surface area contributed by atoms with Crippen LogP contribution in [0, 0.1) is 5.82 Å². The monoisotopic (exact) mass is 272 g/mol. The fourth-order valence-electron chi connectivity index (χ4n) is 1.73. The highest BCUT2D eigenvalue weighted by atomic mass is 19.1. The van der Waals surface area contributed by atoms with Crippen molar-refractivity contribution in [2.75, 3.05) is 10.6 Å². The molecule has 104 valence electrons. The van der Waals surface area contributed by atoms with Crippen molar-refractivity contribution in [3.05, 3.63) is 59.9 Å². The van der Waals surface area contributed by atoms with Crippen molar-refractivity contribution in [3.8, 4) is 0 Å². The van der Waals surface area contributed by atoms with Gasteiger partial charge in [0.05, 0.1) is 0 Å². The van der Waals surface area contributed by atoms with E-state index in [0.717, 1.165) is 16.9 Å². The van der Waals surface area contributed by atoms with Crippen LogP contribution in [0.2, 0.25) is 0 Å². The first-order valence-electron chi connectivity index (χ1n) is 6.55. The van der Waals surface area contributed by atoms with Gasteiger partial charge in [-0.2, -0.15) is 0 Å². The van der Waals surface area contributed by atoms with E-state index in [1.54, 1.807) is 12.1 Å². The van der Waals surface area contributed by atoms with Crippen LogP contribution in [0.5, 0.6) is 0 Å². The molecule has 0 fully saturated rings. The Bertz CT molecular complexity index is 564. The fraction of sp³-hybridized carbons (Fsp3) is 0.188. The molecule has 2 rings (SSSR count). The van der Waals surface area contributed by atoms with Crippen molar-refractivity contribution in [2.24, 2.45) is 0 Å². The molecule has 20 heavy (non-hydrogen) atoms. The molecule has 0 aliphatic rings. The number of halogens is 1. The van der Waals surface area contributed by atoms with Gasteiger partial charge in [-0.05, 0) is 42.0 Å². The van der Waals surface area contributed by atoms with Crippen LogP contribution in [0.1, 0.15) is 18.9 Å². The molecule has 0 heterocycles. The summed E-state index contributed by atoms with van der Waals surface area (Å²) in [6, 6.07) is 13.9. The Balaban J connectivity index is 1.90.